The highest BCUT2D eigenvalue weighted by molar-refractivity contribution is 6.58. The number of halogens is 1. The molecular formula is C20H19BFNO4. The third-order valence-electron chi connectivity index (χ3n) is 3.83. The summed E-state index contributed by atoms with van der Waals surface area (Å²) in [7, 11) is 2.26. The van der Waals surface area contributed by atoms with Crippen molar-refractivity contribution in [1.29, 1.82) is 0 Å². The Balaban J connectivity index is 1.86. The lowest BCUT2D eigenvalue weighted by atomic mass is 9.80. The van der Waals surface area contributed by atoms with Crippen molar-refractivity contribution < 1.29 is 23.9 Å². The molecule has 3 rings (SSSR count). The second-order valence-corrected chi connectivity index (χ2v) is 6.16. The number of hydrogen-bond acceptors (Lipinski definition) is 5. The summed E-state index contributed by atoms with van der Waals surface area (Å²) in [6.45, 7) is 0. The average molecular weight is 367 g/mol. The van der Waals surface area contributed by atoms with Crippen LogP contribution in [0.2, 0.25) is 0 Å². The SMILES string of the molecule is CN(C)c1cc(Oc2ccc(B(O)O)cc2)cc(Oc2cccc(F)c2)c1. The van der Waals surface area contributed by atoms with E-state index in [0.29, 0.717) is 28.5 Å². The first-order chi connectivity index (χ1) is 12.9. The van der Waals surface area contributed by atoms with Crippen molar-refractivity contribution in [2.24, 2.45) is 0 Å². The van der Waals surface area contributed by atoms with Gasteiger partial charge in [0.1, 0.15) is 28.8 Å². The van der Waals surface area contributed by atoms with Gasteiger partial charge in [-0.2, -0.15) is 0 Å². The average Bonchev–Trinajstić information content (AvgIpc) is 2.62. The first kappa shape index (κ1) is 18.8. The van der Waals surface area contributed by atoms with Crippen LogP contribution in [0, 0.1) is 5.82 Å². The number of hydrogen-bond donors (Lipinski definition) is 2. The molecule has 0 aliphatic rings. The molecule has 3 aromatic rings. The molecule has 0 amide bonds. The molecule has 0 spiro atoms. The van der Waals surface area contributed by atoms with E-state index in [2.05, 4.69) is 0 Å². The second kappa shape index (κ2) is 8.12. The fourth-order valence-corrected chi connectivity index (χ4v) is 2.44. The van der Waals surface area contributed by atoms with E-state index in [-0.39, 0.29) is 5.82 Å². The Morgan fingerprint density at radius 1 is 0.778 bits per heavy atom. The fourth-order valence-electron chi connectivity index (χ4n) is 2.44. The highest BCUT2D eigenvalue weighted by Gasteiger charge is 2.11. The number of ether oxygens (including phenoxy) is 2. The molecule has 0 fully saturated rings. The van der Waals surface area contributed by atoms with Crippen LogP contribution in [0.15, 0.2) is 66.7 Å². The Kier molecular flexibility index (Phi) is 5.64. The maximum absolute atomic E-state index is 13.4. The molecule has 0 saturated carbocycles. The lowest BCUT2D eigenvalue weighted by Gasteiger charge is -2.17. The molecule has 0 heterocycles. The van der Waals surface area contributed by atoms with Gasteiger partial charge in [-0.25, -0.2) is 4.39 Å². The van der Waals surface area contributed by atoms with Crippen LogP contribution in [-0.2, 0) is 0 Å². The Bertz CT molecular complexity index is 916. The minimum atomic E-state index is -1.53. The monoisotopic (exact) mass is 367 g/mol. The molecule has 2 N–H and O–H groups in total. The molecule has 5 nitrogen and oxygen atoms in total. The number of nitrogens with zero attached hydrogens (tertiary/aromatic N) is 1. The van der Waals surface area contributed by atoms with Crippen LogP contribution in [0.1, 0.15) is 0 Å². The van der Waals surface area contributed by atoms with E-state index in [4.69, 9.17) is 19.5 Å². The Hall–Kier alpha value is -3.03. The van der Waals surface area contributed by atoms with E-state index in [1.807, 2.05) is 31.1 Å². The van der Waals surface area contributed by atoms with Crippen molar-refractivity contribution >= 4 is 18.3 Å². The minimum Gasteiger partial charge on any atom is -0.457 e. The number of rotatable bonds is 6. The van der Waals surface area contributed by atoms with Gasteiger partial charge < -0.3 is 24.4 Å². The summed E-state index contributed by atoms with van der Waals surface area (Å²) in [4.78, 5) is 1.90. The van der Waals surface area contributed by atoms with Crippen LogP contribution >= 0.6 is 0 Å². The van der Waals surface area contributed by atoms with Gasteiger partial charge in [0.15, 0.2) is 0 Å². The summed E-state index contributed by atoms with van der Waals surface area (Å²) in [5.41, 5.74) is 1.22. The van der Waals surface area contributed by atoms with Gasteiger partial charge in [-0.1, -0.05) is 18.2 Å². The molecule has 0 aliphatic heterocycles. The summed E-state index contributed by atoms with van der Waals surface area (Å²) in [6.07, 6.45) is 0. The van der Waals surface area contributed by atoms with Gasteiger partial charge in [0.2, 0.25) is 0 Å². The van der Waals surface area contributed by atoms with E-state index < -0.39 is 7.12 Å². The molecule has 0 bridgehead atoms. The number of anilines is 1. The molecule has 3 aromatic carbocycles. The Morgan fingerprint density at radius 2 is 1.41 bits per heavy atom. The zero-order valence-corrected chi connectivity index (χ0v) is 15.0. The van der Waals surface area contributed by atoms with E-state index in [9.17, 15) is 4.39 Å². The number of benzene rings is 3. The van der Waals surface area contributed by atoms with Gasteiger partial charge in [-0.15, -0.1) is 0 Å². The third-order valence-corrected chi connectivity index (χ3v) is 3.83. The predicted octanol–water partition coefficient (Wildman–Crippen LogP) is 3.16. The Morgan fingerprint density at radius 3 is 1.96 bits per heavy atom. The lowest BCUT2D eigenvalue weighted by Crippen LogP contribution is -2.29. The molecule has 0 aliphatic carbocycles. The highest BCUT2D eigenvalue weighted by atomic mass is 19.1. The molecule has 0 atom stereocenters. The maximum atomic E-state index is 13.4. The Labute approximate surface area is 157 Å². The molecule has 27 heavy (non-hydrogen) atoms. The van der Waals surface area contributed by atoms with Gasteiger partial charge in [0.25, 0.3) is 0 Å². The molecule has 138 valence electrons. The molecule has 0 unspecified atom stereocenters. The third kappa shape index (κ3) is 5.00. The first-order valence-electron chi connectivity index (χ1n) is 8.30. The van der Waals surface area contributed by atoms with Crippen molar-refractivity contribution in [1.82, 2.24) is 0 Å². The standard InChI is InChI=1S/C20H19BFNO4/c1-23(2)16-11-19(26-17-8-6-14(7-9-17)21(24)25)13-20(12-16)27-18-5-3-4-15(22)10-18/h3-13,24-25H,1-2H3. The van der Waals surface area contributed by atoms with E-state index in [0.717, 1.165) is 5.69 Å². The zero-order chi connectivity index (χ0) is 19.4. The second-order valence-electron chi connectivity index (χ2n) is 6.16. The smallest absolute Gasteiger partial charge is 0.457 e. The van der Waals surface area contributed by atoms with Crippen molar-refractivity contribution in [3.63, 3.8) is 0 Å². The van der Waals surface area contributed by atoms with E-state index >= 15 is 0 Å². The van der Waals surface area contributed by atoms with Crippen LogP contribution in [0.4, 0.5) is 10.1 Å². The predicted molar refractivity (Wildman–Crippen MR) is 104 cm³/mol. The fraction of sp³-hybridized carbons (Fsp3) is 0.100. The van der Waals surface area contributed by atoms with E-state index in [1.54, 1.807) is 42.5 Å². The summed E-state index contributed by atoms with van der Waals surface area (Å²) >= 11 is 0. The van der Waals surface area contributed by atoms with Crippen LogP contribution < -0.4 is 19.8 Å². The molecule has 0 saturated heterocycles. The van der Waals surface area contributed by atoms with Gasteiger partial charge in [0, 0.05) is 44.0 Å². The van der Waals surface area contributed by atoms with Crippen molar-refractivity contribution in [3.8, 4) is 23.0 Å². The van der Waals surface area contributed by atoms with Crippen LogP contribution in [-0.4, -0.2) is 31.3 Å². The summed E-state index contributed by atoms with van der Waals surface area (Å²) in [6, 6.07) is 17.7. The summed E-state index contributed by atoms with van der Waals surface area (Å²) in [5, 5.41) is 18.3. The van der Waals surface area contributed by atoms with Crippen LogP contribution in [0.5, 0.6) is 23.0 Å². The quantitative estimate of drug-likeness (QED) is 0.656. The summed E-state index contributed by atoms with van der Waals surface area (Å²) in [5.74, 6) is 1.58. The van der Waals surface area contributed by atoms with Crippen LogP contribution in [0.3, 0.4) is 0 Å². The lowest BCUT2D eigenvalue weighted by molar-refractivity contribution is 0.425. The topological polar surface area (TPSA) is 62.2 Å². The van der Waals surface area contributed by atoms with Gasteiger partial charge in [-0.3, -0.25) is 0 Å². The minimum absolute atomic E-state index is 0.375. The normalized spacial score (nSPS) is 10.4. The molecule has 7 heteroatoms. The molecule has 0 radical (unpaired) electrons. The molecular weight excluding hydrogens is 348 g/mol. The molecule has 0 aromatic heterocycles. The van der Waals surface area contributed by atoms with Gasteiger partial charge in [0.05, 0.1) is 0 Å². The van der Waals surface area contributed by atoms with Gasteiger partial charge in [-0.05, 0) is 29.7 Å². The van der Waals surface area contributed by atoms with Crippen molar-refractivity contribution in [2.75, 3.05) is 19.0 Å². The summed E-state index contributed by atoms with van der Waals surface area (Å²) < 4.78 is 25.0. The first-order valence-corrected chi connectivity index (χ1v) is 8.30. The van der Waals surface area contributed by atoms with Crippen LogP contribution in [0.25, 0.3) is 0 Å². The highest BCUT2D eigenvalue weighted by Crippen LogP contribution is 2.33. The van der Waals surface area contributed by atoms with Gasteiger partial charge >= 0.3 is 7.12 Å². The van der Waals surface area contributed by atoms with E-state index in [1.165, 1.54) is 12.1 Å². The zero-order valence-electron chi connectivity index (χ0n) is 15.0. The van der Waals surface area contributed by atoms with Crippen molar-refractivity contribution in [2.45, 2.75) is 0 Å². The largest absolute Gasteiger partial charge is 0.488 e. The van der Waals surface area contributed by atoms with Crippen molar-refractivity contribution in [3.05, 3.63) is 72.5 Å². The maximum Gasteiger partial charge on any atom is 0.488 e.